The van der Waals surface area contributed by atoms with Crippen molar-refractivity contribution in [3.05, 3.63) is 80.2 Å². The summed E-state index contributed by atoms with van der Waals surface area (Å²) in [5, 5.41) is 4.24. The molecule has 4 rings (SSSR count). The average Bonchev–Trinajstić information content (AvgIpc) is 3.21. The maximum absolute atomic E-state index is 5.74. The fourth-order valence-corrected chi connectivity index (χ4v) is 4.91. The largest absolute Gasteiger partial charge is 0.351 e. The molecule has 0 aliphatic carbocycles. The molecule has 0 radical (unpaired) electrons. The normalized spacial score (nSPS) is 19.7. The fraction of sp³-hybridized carbons (Fsp3) is 0.200. The Bertz CT molecular complexity index is 955. The highest BCUT2D eigenvalue weighted by molar-refractivity contribution is 9.10. The van der Waals surface area contributed by atoms with Crippen LogP contribution in [0.2, 0.25) is 0 Å². The first kappa shape index (κ1) is 17.6. The minimum atomic E-state index is 0.0192. The Labute approximate surface area is 171 Å². The Kier molecular flexibility index (Phi) is 4.82. The van der Waals surface area contributed by atoms with Crippen molar-refractivity contribution in [1.82, 2.24) is 10.3 Å². The van der Waals surface area contributed by atoms with E-state index >= 15 is 0 Å². The average molecular weight is 444 g/mol. The van der Waals surface area contributed by atoms with Gasteiger partial charge in [-0.1, -0.05) is 22.0 Å². The maximum atomic E-state index is 5.74. The number of nitrogens with one attached hydrogen (secondary N) is 1. The van der Waals surface area contributed by atoms with Gasteiger partial charge in [0.25, 0.3) is 0 Å². The molecular weight excluding hydrogens is 426 g/mol. The number of rotatable bonds is 3. The molecule has 2 atom stereocenters. The smallest absolute Gasteiger partial charge is 0.174 e. The van der Waals surface area contributed by atoms with E-state index in [1.54, 1.807) is 0 Å². The molecule has 26 heavy (non-hydrogen) atoms. The van der Waals surface area contributed by atoms with Crippen molar-refractivity contribution < 1.29 is 0 Å². The number of halogens is 1. The van der Waals surface area contributed by atoms with Crippen LogP contribution in [-0.2, 0) is 0 Å². The van der Waals surface area contributed by atoms with Gasteiger partial charge in [0.1, 0.15) is 0 Å². The minimum absolute atomic E-state index is 0.0192. The predicted octanol–water partition coefficient (Wildman–Crippen LogP) is 5.70. The summed E-state index contributed by atoms with van der Waals surface area (Å²) in [6, 6.07) is 16.9. The zero-order chi connectivity index (χ0) is 18.3. The number of anilines is 1. The Morgan fingerprint density at radius 1 is 1.15 bits per heavy atom. The predicted molar refractivity (Wildman–Crippen MR) is 116 cm³/mol. The highest BCUT2D eigenvalue weighted by Gasteiger charge is 2.41. The quantitative estimate of drug-likeness (QED) is 0.525. The first-order chi connectivity index (χ1) is 12.5. The van der Waals surface area contributed by atoms with Gasteiger partial charge < -0.3 is 10.2 Å². The van der Waals surface area contributed by atoms with Crippen LogP contribution in [0.4, 0.5) is 5.69 Å². The van der Waals surface area contributed by atoms with Gasteiger partial charge in [-0.05, 0) is 74.1 Å². The molecule has 0 saturated carbocycles. The monoisotopic (exact) mass is 443 g/mol. The second-order valence-electron chi connectivity index (χ2n) is 6.38. The molecule has 1 saturated heterocycles. The van der Waals surface area contributed by atoms with E-state index in [1.165, 1.54) is 15.3 Å². The number of benzene rings is 1. The van der Waals surface area contributed by atoms with Gasteiger partial charge in [-0.15, -0.1) is 11.3 Å². The van der Waals surface area contributed by atoms with E-state index in [9.17, 15) is 0 Å². The molecule has 1 aliphatic heterocycles. The number of aryl methyl sites for hydroxylation is 2. The lowest BCUT2D eigenvalue weighted by molar-refractivity contribution is 0.575. The van der Waals surface area contributed by atoms with Gasteiger partial charge in [0.05, 0.1) is 17.8 Å². The molecule has 3 heterocycles. The second kappa shape index (κ2) is 7.10. The van der Waals surface area contributed by atoms with Crippen LogP contribution in [0, 0.1) is 13.8 Å². The Morgan fingerprint density at radius 3 is 2.65 bits per heavy atom. The molecule has 1 aliphatic rings. The molecule has 0 unspecified atom stereocenters. The molecule has 0 bridgehead atoms. The molecule has 3 nitrogen and oxygen atoms in total. The van der Waals surface area contributed by atoms with Gasteiger partial charge in [-0.3, -0.25) is 4.98 Å². The van der Waals surface area contributed by atoms with E-state index in [4.69, 9.17) is 12.2 Å². The van der Waals surface area contributed by atoms with Crippen molar-refractivity contribution in [2.24, 2.45) is 0 Å². The summed E-state index contributed by atoms with van der Waals surface area (Å²) < 4.78 is 1.10. The molecule has 132 valence electrons. The molecule has 2 aromatic heterocycles. The number of hydrogen-bond acceptors (Lipinski definition) is 3. The fourth-order valence-electron chi connectivity index (χ4n) is 3.31. The van der Waals surface area contributed by atoms with Gasteiger partial charge in [-0.25, -0.2) is 0 Å². The third-order valence-electron chi connectivity index (χ3n) is 4.57. The summed E-state index contributed by atoms with van der Waals surface area (Å²) in [5.74, 6) is 0. The Hall–Kier alpha value is -1.76. The van der Waals surface area contributed by atoms with Crippen molar-refractivity contribution in [2.45, 2.75) is 25.9 Å². The van der Waals surface area contributed by atoms with Crippen molar-refractivity contribution >= 4 is 50.3 Å². The summed E-state index contributed by atoms with van der Waals surface area (Å²) in [6.45, 7) is 4.24. The highest BCUT2D eigenvalue weighted by Crippen LogP contribution is 2.44. The molecule has 0 spiro atoms. The van der Waals surface area contributed by atoms with Crippen LogP contribution in [0.5, 0.6) is 0 Å². The summed E-state index contributed by atoms with van der Waals surface area (Å²) in [6.07, 6.45) is 1.84. The second-order valence-corrected chi connectivity index (χ2v) is 8.94. The van der Waals surface area contributed by atoms with Crippen molar-refractivity contribution in [3.63, 3.8) is 0 Å². The maximum Gasteiger partial charge on any atom is 0.174 e. The van der Waals surface area contributed by atoms with Crippen LogP contribution in [0.3, 0.4) is 0 Å². The standard InChI is InChI=1S/C20H18BrN3S2/c1-12-11-14(7-8-15(12)21)24-19(17-9-6-13(2)26-17)18(23-20(24)25)16-5-3-4-10-22-16/h3-11,18-19H,1-2H3,(H,23,25)/t18-,19+/m0/s1. The van der Waals surface area contributed by atoms with E-state index in [-0.39, 0.29) is 12.1 Å². The van der Waals surface area contributed by atoms with Crippen LogP contribution >= 0.6 is 39.5 Å². The van der Waals surface area contributed by atoms with Crippen LogP contribution in [0.15, 0.2) is 59.2 Å². The lowest BCUT2D eigenvalue weighted by Gasteiger charge is -2.27. The minimum Gasteiger partial charge on any atom is -0.351 e. The van der Waals surface area contributed by atoms with E-state index in [2.05, 4.69) is 81.4 Å². The van der Waals surface area contributed by atoms with Crippen LogP contribution < -0.4 is 10.2 Å². The first-order valence-electron chi connectivity index (χ1n) is 8.38. The number of thiophene rings is 1. The van der Waals surface area contributed by atoms with Gasteiger partial charge in [0.15, 0.2) is 5.11 Å². The number of nitrogens with zero attached hydrogens (tertiary/aromatic N) is 2. The molecule has 1 aromatic carbocycles. The number of pyridine rings is 1. The number of thiocarbonyl (C=S) groups is 1. The number of aromatic nitrogens is 1. The molecule has 3 aromatic rings. The zero-order valence-electron chi connectivity index (χ0n) is 14.4. The van der Waals surface area contributed by atoms with Gasteiger partial charge in [0, 0.05) is 26.1 Å². The zero-order valence-corrected chi connectivity index (χ0v) is 17.7. The van der Waals surface area contributed by atoms with E-state index < -0.39 is 0 Å². The van der Waals surface area contributed by atoms with E-state index in [1.807, 2.05) is 29.7 Å². The molecule has 0 amide bonds. The lowest BCUT2D eigenvalue weighted by atomic mass is 10.0. The molecule has 6 heteroatoms. The summed E-state index contributed by atoms with van der Waals surface area (Å²) in [5.41, 5.74) is 3.28. The lowest BCUT2D eigenvalue weighted by Crippen LogP contribution is -2.29. The molecule has 1 fully saturated rings. The SMILES string of the molecule is Cc1ccc([C@@H]2[C@H](c3ccccn3)NC(=S)N2c2ccc(Br)c(C)c2)s1. The number of hydrogen-bond donors (Lipinski definition) is 1. The van der Waals surface area contributed by atoms with Crippen LogP contribution in [-0.4, -0.2) is 10.1 Å². The topological polar surface area (TPSA) is 28.2 Å². The highest BCUT2D eigenvalue weighted by atomic mass is 79.9. The van der Waals surface area contributed by atoms with Crippen LogP contribution in [0.1, 0.15) is 33.1 Å². The van der Waals surface area contributed by atoms with Gasteiger partial charge in [0.2, 0.25) is 0 Å². The van der Waals surface area contributed by atoms with Crippen molar-refractivity contribution in [3.8, 4) is 0 Å². The third-order valence-corrected chi connectivity index (χ3v) is 6.85. The Morgan fingerprint density at radius 2 is 2.00 bits per heavy atom. The Balaban J connectivity index is 1.83. The van der Waals surface area contributed by atoms with Gasteiger partial charge >= 0.3 is 0 Å². The van der Waals surface area contributed by atoms with Crippen molar-refractivity contribution in [2.75, 3.05) is 4.90 Å². The third kappa shape index (κ3) is 3.17. The van der Waals surface area contributed by atoms with Crippen LogP contribution in [0.25, 0.3) is 0 Å². The summed E-state index contributed by atoms with van der Waals surface area (Å²) in [4.78, 5) is 9.39. The summed E-state index contributed by atoms with van der Waals surface area (Å²) >= 11 is 11.1. The van der Waals surface area contributed by atoms with Crippen molar-refractivity contribution in [1.29, 1.82) is 0 Å². The molecular formula is C20H18BrN3S2. The van der Waals surface area contributed by atoms with E-state index in [0.717, 1.165) is 21.0 Å². The first-order valence-corrected chi connectivity index (χ1v) is 10.4. The van der Waals surface area contributed by atoms with Gasteiger partial charge in [-0.2, -0.15) is 0 Å². The molecule has 1 N–H and O–H groups in total. The van der Waals surface area contributed by atoms with E-state index in [0.29, 0.717) is 0 Å². The summed E-state index contributed by atoms with van der Waals surface area (Å²) in [7, 11) is 0.